The maximum Gasteiger partial charge on any atom is 0.326 e. The van der Waals surface area contributed by atoms with Gasteiger partial charge in [0.1, 0.15) is 6.04 Å². The van der Waals surface area contributed by atoms with Crippen LogP contribution in [-0.2, 0) is 11.3 Å². The van der Waals surface area contributed by atoms with Gasteiger partial charge in [-0.25, -0.2) is 9.59 Å². The maximum absolute atomic E-state index is 12.1. The monoisotopic (exact) mass is 279 g/mol. The van der Waals surface area contributed by atoms with E-state index in [4.69, 9.17) is 5.11 Å². The minimum Gasteiger partial charge on any atom is -0.480 e. The average Bonchev–Trinajstić information content (AvgIpc) is 2.45. The number of nitrogens with zero attached hydrogens (tertiary/aromatic N) is 2. The van der Waals surface area contributed by atoms with E-state index in [0.29, 0.717) is 25.9 Å². The molecule has 1 atom stereocenters. The van der Waals surface area contributed by atoms with Crippen molar-refractivity contribution in [1.29, 1.82) is 0 Å². The van der Waals surface area contributed by atoms with Crippen LogP contribution in [0, 0.1) is 0 Å². The van der Waals surface area contributed by atoms with Crippen LogP contribution in [0.4, 0.5) is 4.79 Å². The molecule has 0 spiro atoms. The SMILES string of the molecule is CCCC(NC(=O)N(CC)Cc1ccccn1)C(=O)O. The smallest absolute Gasteiger partial charge is 0.326 e. The fourth-order valence-corrected chi connectivity index (χ4v) is 1.80. The Bertz CT molecular complexity index is 437. The van der Waals surface area contributed by atoms with Gasteiger partial charge in [0.05, 0.1) is 12.2 Å². The highest BCUT2D eigenvalue weighted by atomic mass is 16.4. The fraction of sp³-hybridized carbons (Fsp3) is 0.500. The van der Waals surface area contributed by atoms with Gasteiger partial charge in [0.2, 0.25) is 0 Å². The van der Waals surface area contributed by atoms with Crippen LogP contribution in [0.5, 0.6) is 0 Å². The first-order chi connectivity index (χ1) is 9.58. The molecule has 1 heterocycles. The zero-order valence-electron chi connectivity index (χ0n) is 11.9. The summed E-state index contributed by atoms with van der Waals surface area (Å²) >= 11 is 0. The maximum atomic E-state index is 12.1. The Hall–Kier alpha value is -2.11. The van der Waals surface area contributed by atoms with Crippen LogP contribution < -0.4 is 5.32 Å². The van der Waals surface area contributed by atoms with Crippen LogP contribution in [0.25, 0.3) is 0 Å². The second-order valence-electron chi connectivity index (χ2n) is 4.46. The fourth-order valence-electron chi connectivity index (χ4n) is 1.80. The van der Waals surface area contributed by atoms with Crippen LogP contribution >= 0.6 is 0 Å². The van der Waals surface area contributed by atoms with Gasteiger partial charge < -0.3 is 15.3 Å². The number of hydrogen-bond donors (Lipinski definition) is 2. The van der Waals surface area contributed by atoms with Crippen LogP contribution in [0.2, 0.25) is 0 Å². The van der Waals surface area contributed by atoms with Crippen molar-refractivity contribution in [3.8, 4) is 0 Å². The van der Waals surface area contributed by atoms with E-state index in [1.807, 2.05) is 32.0 Å². The number of hydrogen-bond acceptors (Lipinski definition) is 3. The molecule has 0 aromatic carbocycles. The molecule has 110 valence electrons. The van der Waals surface area contributed by atoms with E-state index < -0.39 is 12.0 Å². The number of carbonyl (C=O) groups excluding carboxylic acids is 1. The second kappa shape index (κ2) is 8.14. The summed E-state index contributed by atoms with van der Waals surface area (Å²) in [7, 11) is 0. The Labute approximate surface area is 118 Å². The molecule has 1 rings (SSSR count). The molecule has 1 aromatic rings. The zero-order chi connectivity index (χ0) is 15.0. The number of amides is 2. The summed E-state index contributed by atoms with van der Waals surface area (Å²) < 4.78 is 0. The summed E-state index contributed by atoms with van der Waals surface area (Å²) in [6.07, 6.45) is 2.78. The highest BCUT2D eigenvalue weighted by Crippen LogP contribution is 2.03. The standard InChI is InChI=1S/C14H21N3O3/c1-3-7-12(13(18)19)16-14(20)17(4-2)10-11-8-5-6-9-15-11/h5-6,8-9,12H,3-4,7,10H2,1-2H3,(H,16,20)(H,18,19). The van der Waals surface area contributed by atoms with E-state index in [1.165, 1.54) is 4.90 Å². The zero-order valence-corrected chi connectivity index (χ0v) is 11.9. The molecule has 20 heavy (non-hydrogen) atoms. The number of nitrogens with one attached hydrogen (secondary N) is 1. The van der Waals surface area contributed by atoms with E-state index in [2.05, 4.69) is 10.3 Å². The van der Waals surface area contributed by atoms with Crippen molar-refractivity contribution in [2.45, 2.75) is 39.3 Å². The van der Waals surface area contributed by atoms with Crippen molar-refractivity contribution in [1.82, 2.24) is 15.2 Å². The molecule has 0 saturated heterocycles. The first kappa shape index (κ1) is 15.9. The first-order valence-electron chi connectivity index (χ1n) is 6.76. The van der Waals surface area contributed by atoms with Gasteiger partial charge in [0.25, 0.3) is 0 Å². The Morgan fingerprint density at radius 3 is 2.65 bits per heavy atom. The van der Waals surface area contributed by atoms with Crippen LogP contribution in [0.15, 0.2) is 24.4 Å². The second-order valence-corrected chi connectivity index (χ2v) is 4.46. The largest absolute Gasteiger partial charge is 0.480 e. The van der Waals surface area contributed by atoms with Gasteiger partial charge in [-0.1, -0.05) is 19.4 Å². The predicted octanol–water partition coefficient (Wildman–Crippen LogP) is 1.87. The molecule has 0 aliphatic rings. The number of carboxylic acid groups (broad SMARTS) is 1. The molecule has 0 radical (unpaired) electrons. The predicted molar refractivity (Wildman–Crippen MR) is 75.2 cm³/mol. The summed E-state index contributed by atoms with van der Waals surface area (Å²) in [4.78, 5) is 28.8. The van der Waals surface area contributed by atoms with E-state index in [0.717, 1.165) is 5.69 Å². The van der Waals surface area contributed by atoms with Gasteiger partial charge in [0.15, 0.2) is 0 Å². The van der Waals surface area contributed by atoms with E-state index in [-0.39, 0.29) is 6.03 Å². The summed E-state index contributed by atoms with van der Waals surface area (Å²) in [6, 6.07) is 4.27. The van der Waals surface area contributed by atoms with E-state index in [1.54, 1.807) is 6.20 Å². The minimum absolute atomic E-state index is 0.363. The average molecular weight is 279 g/mol. The van der Waals surface area contributed by atoms with Crippen molar-refractivity contribution in [2.24, 2.45) is 0 Å². The van der Waals surface area contributed by atoms with E-state index in [9.17, 15) is 9.59 Å². The number of aromatic nitrogens is 1. The summed E-state index contributed by atoms with van der Waals surface area (Å²) in [5, 5.41) is 11.6. The number of pyridine rings is 1. The number of aliphatic carboxylic acids is 1. The minimum atomic E-state index is -1.01. The molecule has 6 heteroatoms. The molecule has 0 fully saturated rings. The highest BCUT2D eigenvalue weighted by Gasteiger charge is 2.21. The summed E-state index contributed by atoms with van der Waals surface area (Å²) in [5.41, 5.74) is 0.770. The van der Waals surface area contributed by atoms with Gasteiger partial charge in [-0.3, -0.25) is 4.98 Å². The van der Waals surface area contributed by atoms with Crippen LogP contribution in [-0.4, -0.2) is 39.6 Å². The Morgan fingerprint density at radius 1 is 1.40 bits per heavy atom. The lowest BCUT2D eigenvalue weighted by Crippen LogP contribution is -2.47. The van der Waals surface area contributed by atoms with Gasteiger partial charge in [-0.2, -0.15) is 0 Å². The van der Waals surface area contributed by atoms with Crippen LogP contribution in [0.3, 0.4) is 0 Å². The molecule has 1 aromatic heterocycles. The third-order valence-electron chi connectivity index (χ3n) is 2.92. The molecule has 2 amide bonds. The molecule has 0 saturated carbocycles. The number of carboxylic acids is 1. The summed E-state index contributed by atoms with van der Waals surface area (Å²) in [6.45, 7) is 4.58. The Kier molecular flexibility index (Phi) is 6.49. The lowest BCUT2D eigenvalue weighted by atomic mass is 10.2. The quantitative estimate of drug-likeness (QED) is 0.798. The lowest BCUT2D eigenvalue weighted by Gasteiger charge is -2.23. The Morgan fingerprint density at radius 2 is 2.15 bits per heavy atom. The van der Waals surface area contributed by atoms with Crippen molar-refractivity contribution in [3.05, 3.63) is 30.1 Å². The highest BCUT2D eigenvalue weighted by molar-refractivity contribution is 5.82. The van der Waals surface area contributed by atoms with Gasteiger partial charge in [-0.05, 0) is 25.5 Å². The van der Waals surface area contributed by atoms with Gasteiger partial charge in [-0.15, -0.1) is 0 Å². The van der Waals surface area contributed by atoms with Crippen molar-refractivity contribution in [3.63, 3.8) is 0 Å². The number of carbonyl (C=O) groups is 2. The van der Waals surface area contributed by atoms with Crippen LogP contribution in [0.1, 0.15) is 32.4 Å². The lowest BCUT2D eigenvalue weighted by molar-refractivity contribution is -0.139. The third-order valence-corrected chi connectivity index (χ3v) is 2.92. The Balaban J connectivity index is 2.64. The number of urea groups is 1. The van der Waals surface area contributed by atoms with Crippen molar-refractivity contribution >= 4 is 12.0 Å². The molecule has 2 N–H and O–H groups in total. The molecular weight excluding hydrogens is 258 g/mol. The van der Waals surface area contributed by atoms with E-state index >= 15 is 0 Å². The van der Waals surface area contributed by atoms with Gasteiger partial charge in [0, 0.05) is 12.7 Å². The molecule has 6 nitrogen and oxygen atoms in total. The molecule has 0 aliphatic heterocycles. The van der Waals surface area contributed by atoms with Crippen molar-refractivity contribution in [2.75, 3.05) is 6.54 Å². The first-order valence-corrected chi connectivity index (χ1v) is 6.76. The normalized spacial score (nSPS) is 11.7. The topological polar surface area (TPSA) is 82.5 Å². The van der Waals surface area contributed by atoms with Crippen molar-refractivity contribution < 1.29 is 14.7 Å². The third kappa shape index (κ3) is 4.87. The molecule has 1 unspecified atom stereocenters. The summed E-state index contributed by atoms with van der Waals surface area (Å²) in [5.74, 6) is -1.01. The van der Waals surface area contributed by atoms with Gasteiger partial charge >= 0.3 is 12.0 Å². The molecule has 0 aliphatic carbocycles. The molecular formula is C14H21N3O3. The number of rotatable bonds is 7. The molecule has 0 bridgehead atoms.